The molecule has 0 bridgehead atoms. The fourth-order valence-electron chi connectivity index (χ4n) is 0.824. The fourth-order valence-corrected chi connectivity index (χ4v) is 1.32. The molecular weight excluding hydrogens is 392 g/mol. The second-order valence-corrected chi connectivity index (χ2v) is 10.5. The topological polar surface area (TPSA) is 26.0 Å². The highest BCUT2D eigenvalue weighted by Gasteiger charge is 2.27. The molecule has 0 amide bonds. The smallest absolute Gasteiger partial charge is 0.199 e. The van der Waals surface area contributed by atoms with Crippen LogP contribution in [-0.2, 0) is 6.84 Å². The highest BCUT2D eigenvalue weighted by molar-refractivity contribution is 14.2. The van der Waals surface area contributed by atoms with Gasteiger partial charge in [0.15, 0.2) is 5.89 Å². The summed E-state index contributed by atoms with van der Waals surface area (Å²) in [4.78, 5) is 4.28. The standard InChI is InChI=1S/C9H13I2NO/c1-8(2,3)7-12-5-6(13-7)9(4,10)11/h5H,1-4H3. The van der Waals surface area contributed by atoms with Crippen molar-refractivity contribution >= 4 is 45.2 Å². The summed E-state index contributed by atoms with van der Waals surface area (Å²) in [5.41, 5.74) is -0.00319. The van der Waals surface area contributed by atoms with Gasteiger partial charge >= 0.3 is 0 Å². The molecule has 1 rings (SSSR count). The van der Waals surface area contributed by atoms with E-state index in [1.165, 1.54) is 0 Å². The van der Waals surface area contributed by atoms with Crippen LogP contribution in [0.25, 0.3) is 0 Å². The average molecular weight is 405 g/mol. The first kappa shape index (κ1) is 11.7. The first-order valence-electron chi connectivity index (χ1n) is 4.06. The lowest BCUT2D eigenvalue weighted by molar-refractivity contribution is 0.373. The molecule has 0 spiro atoms. The van der Waals surface area contributed by atoms with Crippen molar-refractivity contribution in [3.05, 3.63) is 17.8 Å². The van der Waals surface area contributed by atoms with Gasteiger partial charge in [-0.15, -0.1) is 0 Å². The molecule has 0 radical (unpaired) electrons. The molecule has 0 saturated carbocycles. The number of hydrogen-bond acceptors (Lipinski definition) is 2. The number of hydrogen-bond donors (Lipinski definition) is 0. The second-order valence-electron chi connectivity index (χ2n) is 4.17. The van der Waals surface area contributed by atoms with Gasteiger partial charge in [-0.3, -0.25) is 0 Å². The van der Waals surface area contributed by atoms with Crippen molar-refractivity contribution in [2.45, 2.75) is 34.5 Å². The molecule has 0 saturated heterocycles. The maximum absolute atomic E-state index is 5.69. The summed E-state index contributed by atoms with van der Waals surface area (Å²) in [7, 11) is 0. The van der Waals surface area contributed by atoms with Crippen molar-refractivity contribution in [3.63, 3.8) is 0 Å². The van der Waals surface area contributed by atoms with Crippen LogP contribution < -0.4 is 0 Å². The van der Waals surface area contributed by atoms with Gasteiger partial charge in [0.25, 0.3) is 0 Å². The van der Waals surface area contributed by atoms with Gasteiger partial charge in [0, 0.05) is 5.41 Å². The second kappa shape index (κ2) is 3.67. The third-order valence-electron chi connectivity index (χ3n) is 1.58. The van der Waals surface area contributed by atoms with Crippen LogP contribution in [0.3, 0.4) is 0 Å². The number of rotatable bonds is 1. The number of oxazole rings is 1. The van der Waals surface area contributed by atoms with Gasteiger partial charge in [-0.05, 0) is 6.92 Å². The minimum absolute atomic E-state index is 0.00319. The fraction of sp³-hybridized carbons (Fsp3) is 0.667. The molecule has 1 aromatic heterocycles. The zero-order valence-corrected chi connectivity index (χ0v) is 12.5. The summed E-state index contributed by atoms with van der Waals surface area (Å²) in [5.74, 6) is 1.74. The molecule has 0 unspecified atom stereocenters. The molecule has 0 aromatic carbocycles. The van der Waals surface area contributed by atoms with E-state index in [0.717, 1.165) is 11.7 Å². The molecule has 13 heavy (non-hydrogen) atoms. The van der Waals surface area contributed by atoms with Crippen molar-refractivity contribution in [1.29, 1.82) is 0 Å². The first-order valence-corrected chi connectivity index (χ1v) is 6.21. The highest BCUT2D eigenvalue weighted by Crippen LogP contribution is 2.39. The predicted molar refractivity (Wildman–Crippen MR) is 70.6 cm³/mol. The van der Waals surface area contributed by atoms with Crippen molar-refractivity contribution in [2.75, 3.05) is 0 Å². The molecule has 2 nitrogen and oxygen atoms in total. The van der Waals surface area contributed by atoms with E-state index in [4.69, 9.17) is 4.42 Å². The van der Waals surface area contributed by atoms with Crippen LogP contribution in [0.15, 0.2) is 10.6 Å². The average Bonchev–Trinajstić information content (AvgIpc) is 2.28. The summed E-state index contributed by atoms with van der Waals surface area (Å²) in [6.45, 7) is 8.39. The van der Waals surface area contributed by atoms with Gasteiger partial charge < -0.3 is 4.42 Å². The van der Waals surface area contributed by atoms with E-state index in [2.05, 4.69) is 77.9 Å². The third-order valence-corrected chi connectivity index (χ3v) is 2.64. The van der Waals surface area contributed by atoms with Crippen LogP contribution in [0.4, 0.5) is 0 Å². The Morgan fingerprint density at radius 3 is 2.00 bits per heavy atom. The van der Waals surface area contributed by atoms with Gasteiger partial charge in [0.2, 0.25) is 0 Å². The third kappa shape index (κ3) is 3.07. The quantitative estimate of drug-likeness (QED) is 0.522. The maximum atomic E-state index is 5.69. The van der Waals surface area contributed by atoms with Gasteiger partial charge in [-0.1, -0.05) is 66.0 Å². The first-order chi connectivity index (χ1) is 5.71. The Balaban J connectivity index is 3.01. The molecule has 0 aliphatic carbocycles. The molecule has 1 aromatic rings. The molecule has 1 heterocycles. The Labute approximate surface area is 106 Å². The van der Waals surface area contributed by atoms with Crippen molar-refractivity contribution in [2.24, 2.45) is 0 Å². The van der Waals surface area contributed by atoms with Crippen molar-refractivity contribution < 1.29 is 4.42 Å². The SMILES string of the molecule is CC(C)(C)c1ncc(C(C)(I)I)o1. The molecule has 0 aliphatic heterocycles. The summed E-state index contributed by atoms with van der Waals surface area (Å²) < 4.78 is 5.68. The summed E-state index contributed by atoms with van der Waals surface area (Å²) in [5, 5.41) is 0. The molecule has 0 fully saturated rings. The van der Waals surface area contributed by atoms with E-state index in [0.29, 0.717) is 0 Å². The predicted octanol–water partition coefficient (Wildman–Crippen LogP) is 4.01. The number of aromatic nitrogens is 1. The van der Waals surface area contributed by atoms with Crippen LogP contribution in [0.5, 0.6) is 0 Å². The van der Waals surface area contributed by atoms with Gasteiger partial charge in [0.05, 0.1) is 6.20 Å². The van der Waals surface area contributed by atoms with Crippen LogP contribution >= 0.6 is 45.2 Å². The zero-order chi connectivity index (χ0) is 10.3. The van der Waals surface area contributed by atoms with E-state index in [1.807, 2.05) is 6.20 Å². The van der Waals surface area contributed by atoms with E-state index in [9.17, 15) is 0 Å². The molecule has 4 heteroatoms. The van der Waals surface area contributed by atoms with E-state index < -0.39 is 0 Å². The molecule has 0 N–H and O–H groups in total. The summed E-state index contributed by atoms with van der Waals surface area (Å²) >= 11 is 4.67. The van der Waals surface area contributed by atoms with E-state index in [1.54, 1.807) is 0 Å². The van der Waals surface area contributed by atoms with Gasteiger partial charge in [-0.2, -0.15) is 0 Å². The maximum Gasteiger partial charge on any atom is 0.199 e. The lowest BCUT2D eigenvalue weighted by Crippen LogP contribution is -2.11. The molecule has 0 atom stereocenters. The van der Waals surface area contributed by atoms with E-state index >= 15 is 0 Å². The Morgan fingerprint density at radius 1 is 1.23 bits per heavy atom. The minimum atomic E-state index is -0.00792. The molecular formula is C9H13I2NO. The minimum Gasteiger partial charge on any atom is -0.443 e. The molecule has 74 valence electrons. The monoisotopic (exact) mass is 405 g/mol. The van der Waals surface area contributed by atoms with Crippen molar-refractivity contribution in [3.8, 4) is 0 Å². The normalized spacial score (nSPS) is 13.4. The largest absolute Gasteiger partial charge is 0.443 e. The van der Waals surface area contributed by atoms with Gasteiger partial charge in [-0.25, -0.2) is 4.98 Å². The number of halogens is 2. The van der Waals surface area contributed by atoms with Crippen LogP contribution in [-0.4, -0.2) is 4.98 Å². The summed E-state index contributed by atoms with van der Waals surface area (Å²) in [6, 6.07) is 0. The van der Waals surface area contributed by atoms with Crippen LogP contribution in [0, 0.1) is 0 Å². The Hall–Kier alpha value is 0.670. The number of nitrogens with zero attached hydrogens (tertiary/aromatic N) is 1. The lowest BCUT2D eigenvalue weighted by Gasteiger charge is -2.14. The Morgan fingerprint density at radius 2 is 1.77 bits per heavy atom. The van der Waals surface area contributed by atoms with Gasteiger partial charge in [0.1, 0.15) is 7.19 Å². The van der Waals surface area contributed by atoms with Crippen LogP contribution in [0.2, 0.25) is 0 Å². The Kier molecular flexibility index (Phi) is 3.32. The highest BCUT2D eigenvalue weighted by atomic mass is 127. The zero-order valence-electron chi connectivity index (χ0n) is 8.19. The lowest BCUT2D eigenvalue weighted by atomic mass is 9.97. The summed E-state index contributed by atoms with van der Waals surface area (Å²) in [6.07, 6.45) is 1.82. The molecule has 0 aliphatic rings. The Bertz CT molecular complexity index is 265. The van der Waals surface area contributed by atoms with Crippen molar-refractivity contribution in [1.82, 2.24) is 4.98 Å². The van der Waals surface area contributed by atoms with E-state index in [-0.39, 0.29) is 6.84 Å². The number of alkyl halides is 2. The van der Waals surface area contributed by atoms with Crippen LogP contribution in [0.1, 0.15) is 39.3 Å².